The number of likely N-dealkylation sites (N-methyl/N-ethyl adjacent to an activating group) is 1. The van der Waals surface area contributed by atoms with Crippen LogP contribution < -0.4 is 16.8 Å². The summed E-state index contributed by atoms with van der Waals surface area (Å²) in [7, 11) is 2.00. The predicted molar refractivity (Wildman–Crippen MR) is 137 cm³/mol. The number of piperazine rings is 1. The van der Waals surface area contributed by atoms with E-state index in [0.29, 0.717) is 58.5 Å². The lowest BCUT2D eigenvalue weighted by atomic mass is 10.0. The standard InChI is InChI=1S/C25H28ClFN6O2/c1-32-8-9-33(25(29)35)19(14-32)11-15-2-5-22(31-24(15)28)20-12-18(4-7-23(20)34)30-21-6-3-17(26)10-16(21)13-27/h2-7,10,12,19,30,34H,8-9,11,13-14H2,1H3,(H2,28,31)(H2,29,35). The summed E-state index contributed by atoms with van der Waals surface area (Å²) in [5.41, 5.74) is 15.3. The minimum absolute atomic E-state index is 0.0332. The number of aromatic nitrogens is 1. The van der Waals surface area contributed by atoms with Gasteiger partial charge in [0.05, 0.1) is 11.7 Å². The summed E-state index contributed by atoms with van der Waals surface area (Å²) in [5, 5.41) is 14.1. The number of alkyl halides is 1. The van der Waals surface area contributed by atoms with Gasteiger partial charge in [-0.05, 0) is 61.5 Å². The average Bonchev–Trinajstić information content (AvgIpc) is 2.82. The molecule has 0 aliphatic carbocycles. The summed E-state index contributed by atoms with van der Waals surface area (Å²) >= 11 is 5.97. The molecule has 2 heterocycles. The van der Waals surface area contributed by atoms with Gasteiger partial charge in [-0.1, -0.05) is 17.7 Å². The molecule has 1 fully saturated rings. The molecule has 2 aromatic carbocycles. The van der Waals surface area contributed by atoms with Crippen molar-refractivity contribution < 1.29 is 14.3 Å². The van der Waals surface area contributed by atoms with E-state index in [1.54, 1.807) is 41.3 Å². The number of nitrogen functional groups attached to an aromatic ring is 1. The zero-order chi connectivity index (χ0) is 25.1. The number of phenolic OH excluding ortho intramolecular Hbond substituents is 1. The number of amides is 2. The monoisotopic (exact) mass is 498 g/mol. The first-order valence-corrected chi connectivity index (χ1v) is 11.6. The first-order chi connectivity index (χ1) is 16.7. The molecule has 1 unspecified atom stereocenters. The molecule has 1 aliphatic heterocycles. The van der Waals surface area contributed by atoms with Crippen LogP contribution >= 0.6 is 11.6 Å². The Morgan fingerprint density at radius 1 is 1.20 bits per heavy atom. The smallest absolute Gasteiger partial charge is 0.315 e. The van der Waals surface area contributed by atoms with E-state index in [2.05, 4.69) is 15.2 Å². The average molecular weight is 499 g/mol. The number of primary amides is 1. The Bertz CT molecular complexity index is 1240. The minimum Gasteiger partial charge on any atom is -0.507 e. The van der Waals surface area contributed by atoms with Gasteiger partial charge in [-0.25, -0.2) is 14.2 Å². The second kappa shape index (κ2) is 10.4. The highest BCUT2D eigenvalue weighted by Crippen LogP contribution is 2.34. The third kappa shape index (κ3) is 5.58. The fourth-order valence-electron chi connectivity index (χ4n) is 4.32. The van der Waals surface area contributed by atoms with Gasteiger partial charge in [0.1, 0.15) is 18.2 Å². The maximum atomic E-state index is 13.4. The number of hydrogen-bond acceptors (Lipinski definition) is 6. The third-order valence-electron chi connectivity index (χ3n) is 6.20. The molecule has 3 aromatic rings. The van der Waals surface area contributed by atoms with Crippen LogP contribution in [0, 0.1) is 0 Å². The number of urea groups is 1. The summed E-state index contributed by atoms with van der Waals surface area (Å²) in [6.45, 7) is 1.34. The Morgan fingerprint density at radius 2 is 2.00 bits per heavy atom. The number of phenols is 1. The molecular weight excluding hydrogens is 471 g/mol. The fraction of sp³-hybridized carbons (Fsp3) is 0.280. The van der Waals surface area contributed by atoms with Crippen LogP contribution in [0.5, 0.6) is 5.75 Å². The van der Waals surface area contributed by atoms with Crippen LogP contribution in [0.1, 0.15) is 11.1 Å². The summed E-state index contributed by atoms with van der Waals surface area (Å²) < 4.78 is 13.4. The van der Waals surface area contributed by atoms with Crippen molar-refractivity contribution in [3.05, 3.63) is 64.7 Å². The summed E-state index contributed by atoms with van der Waals surface area (Å²) in [6, 6.07) is 13.0. The highest BCUT2D eigenvalue weighted by atomic mass is 35.5. The molecular formula is C25H28ClFN6O2. The second-order valence-electron chi connectivity index (χ2n) is 8.68. The van der Waals surface area contributed by atoms with Crippen molar-refractivity contribution in [2.45, 2.75) is 19.1 Å². The first kappa shape index (κ1) is 24.6. The molecule has 10 heteroatoms. The second-order valence-corrected chi connectivity index (χ2v) is 9.12. The van der Waals surface area contributed by atoms with Gasteiger partial charge in [-0.3, -0.25) is 0 Å². The number of nitrogens with two attached hydrogens (primary N) is 2. The van der Waals surface area contributed by atoms with Crippen LogP contribution in [0.25, 0.3) is 11.3 Å². The normalized spacial score (nSPS) is 16.3. The van der Waals surface area contributed by atoms with Gasteiger partial charge in [0.2, 0.25) is 0 Å². The number of pyridine rings is 1. The first-order valence-electron chi connectivity index (χ1n) is 11.2. The fourth-order valence-corrected chi connectivity index (χ4v) is 4.52. The predicted octanol–water partition coefficient (Wildman–Crippen LogP) is 4.14. The van der Waals surface area contributed by atoms with Gasteiger partial charge >= 0.3 is 6.03 Å². The lowest BCUT2D eigenvalue weighted by Gasteiger charge is -2.39. The molecule has 0 spiro atoms. The van der Waals surface area contributed by atoms with Crippen molar-refractivity contribution in [2.75, 3.05) is 37.7 Å². The topological polar surface area (TPSA) is 121 Å². The molecule has 2 amide bonds. The number of carbonyl (C=O) groups is 1. The van der Waals surface area contributed by atoms with Crippen molar-refractivity contribution in [1.29, 1.82) is 0 Å². The number of aromatic hydroxyl groups is 1. The van der Waals surface area contributed by atoms with Crippen molar-refractivity contribution >= 4 is 34.8 Å². The molecule has 6 N–H and O–H groups in total. The summed E-state index contributed by atoms with van der Waals surface area (Å²) in [4.78, 5) is 20.2. The van der Waals surface area contributed by atoms with Crippen molar-refractivity contribution in [2.24, 2.45) is 5.73 Å². The number of nitrogens with zero attached hydrogens (tertiary/aromatic N) is 3. The minimum atomic E-state index is -0.669. The number of nitrogens with one attached hydrogen (secondary N) is 1. The Kier molecular flexibility index (Phi) is 7.28. The zero-order valence-electron chi connectivity index (χ0n) is 19.3. The number of anilines is 3. The van der Waals surface area contributed by atoms with Gasteiger partial charge in [0.25, 0.3) is 0 Å². The van der Waals surface area contributed by atoms with Crippen LogP contribution in [0.4, 0.5) is 26.4 Å². The van der Waals surface area contributed by atoms with Crippen LogP contribution in [0.3, 0.4) is 0 Å². The highest BCUT2D eigenvalue weighted by molar-refractivity contribution is 6.30. The maximum absolute atomic E-state index is 13.4. The van der Waals surface area contributed by atoms with Crippen molar-refractivity contribution in [3.8, 4) is 17.0 Å². The number of carbonyl (C=O) groups excluding carboxylic acids is 1. The summed E-state index contributed by atoms with van der Waals surface area (Å²) in [6.07, 6.45) is 0.516. The van der Waals surface area contributed by atoms with E-state index in [9.17, 15) is 14.3 Å². The molecule has 0 bridgehead atoms. The van der Waals surface area contributed by atoms with Gasteiger partial charge < -0.3 is 31.7 Å². The largest absolute Gasteiger partial charge is 0.507 e. The SMILES string of the molecule is CN1CCN(C(N)=O)C(Cc2ccc(-c3cc(Nc4ccc(Cl)cc4CF)ccc3O)nc2N)C1. The molecule has 0 radical (unpaired) electrons. The van der Waals surface area contributed by atoms with E-state index in [4.69, 9.17) is 23.1 Å². The van der Waals surface area contributed by atoms with E-state index in [0.717, 1.165) is 12.1 Å². The maximum Gasteiger partial charge on any atom is 0.315 e. The number of rotatable bonds is 6. The summed E-state index contributed by atoms with van der Waals surface area (Å²) in [5.74, 6) is 0.348. The Morgan fingerprint density at radius 3 is 2.71 bits per heavy atom. The van der Waals surface area contributed by atoms with E-state index in [-0.39, 0.29) is 11.8 Å². The van der Waals surface area contributed by atoms with Crippen molar-refractivity contribution in [3.63, 3.8) is 0 Å². The molecule has 1 aromatic heterocycles. The lowest BCUT2D eigenvalue weighted by Crippen LogP contribution is -2.56. The Hall–Kier alpha value is -3.56. The third-order valence-corrected chi connectivity index (χ3v) is 6.43. The van der Waals surface area contributed by atoms with E-state index in [1.165, 1.54) is 6.07 Å². The van der Waals surface area contributed by atoms with Crippen LogP contribution in [0.15, 0.2) is 48.5 Å². The van der Waals surface area contributed by atoms with E-state index in [1.807, 2.05) is 13.1 Å². The molecule has 8 nitrogen and oxygen atoms in total. The molecule has 0 saturated carbocycles. The highest BCUT2D eigenvalue weighted by Gasteiger charge is 2.28. The van der Waals surface area contributed by atoms with Gasteiger partial charge in [-0.15, -0.1) is 0 Å². The van der Waals surface area contributed by atoms with Gasteiger partial charge in [0, 0.05) is 47.2 Å². The molecule has 35 heavy (non-hydrogen) atoms. The lowest BCUT2D eigenvalue weighted by molar-refractivity contribution is 0.114. The van der Waals surface area contributed by atoms with Crippen LogP contribution in [0.2, 0.25) is 5.02 Å². The zero-order valence-corrected chi connectivity index (χ0v) is 20.1. The number of benzene rings is 2. The van der Waals surface area contributed by atoms with Crippen molar-refractivity contribution in [1.82, 2.24) is 14.8 Å². The van der Waals surface area contributed by atoms with Gasteiger partial charge in [0.15, 0.2) is 0 Å². The Labute approximate surface area is 208 Å². The quantitative estimate of drug-likeness (QED) is 0.379. The molecule has 184 valence electrons. The Balaban J connectivity index is 1.58. The van der Waals surface area contributed by atoms with E-state index >= 15 is 0 Å². The van der Waals surface area contributed by atoms with E-state index < -0.39 is 12.7 Å². The molecule has 1 saturated heterocycles. The number of hydrogen-bond donors (Lipinski definition) is 4. The number of halogens is 2. The van der Waals surface area contributed by atoms with Crippen LogP contribution in [-0.4, -0.2) is 58.6 Å². The van der Waals surface area contributed by atoms with Gasteiger partial charge in [-0.2, -0.15) is 0 Å². The molecule has 1 atom stereocenters. The molecule has 4 rings (SSSR count). The molecule has 1 aliphatic rings. The van der Waals surface area contributed by atoms with Crippen LogP contribution in [-0.2, 0) is 13.1 Å².